The third-order valence-electron chi connectivity index (χ3n) is 6.37. The number of aliphatic hydroxyl groups excluding tert-OH is 1. The molecule has 0 spiro atoms. The minimum atomic E-state index is -0.661. The van der Waals surface area contributed by atoms with Gasteiger partial charge in [-0.3, -0.25) is 0 Å². The lowest BCUT2D eigenvalue weighted by molar-refractivity contribution is 0.0626. The number of aliphatic hydroxyl groups is 1. The van der Waals surface area contributed by atoms with Crippen LogP contribution in [0.25, 0.3) is 0 Å². The number of aryl methyl sites for hydroxylation is 2. The molecule has 1 N–H and O–H groups in total. The van der Waals surface area contributed by atoms with E-state index in [0.717, 1.165) is 24.3 Å². The predicted octanol–water partition coefficient (Wildman–Crippen LogP) is 8.31. The van der Waals surface area contributed by atoms with Gasteiger partial charge in [0.25, 0.3) is 0 Å². The van der Waals surface area contributed by atoms with Crippen LogP contribution in [0.15, 0.2) is 48.5 Å². The Morgan fingerprint density at radius 1 is 0.529 bits per heavy atom. The highest BCUT2D eigenvalue weighted by atomic mass is 16.5. The second-order valence-corrected chi connectivity index (χ2v) is 9.60. The molecule has 0 atom stereocenters. The first-order valence-corrected chi connectivity index (χ1v) is 13.8. The van der Waals surface area contributed by atoms with Crippen molar-refractivity contribution in [1.29, 1.82) is 0 Å². The van der Waals surface area contributed by atoms with Gasteiger partial charge in [-0.05, 0) is 61.1 Å². The third-order valence-corrected chi connectivity index (χ3v) is 6.37. The van der Waals surface area contributed by atoms with Crippen LogP contribution in [0.1, 0.15) is 102 Å². The van der Waals surface area contributed by atoms with Crippen molar-refractivity contribution in [1.82, 2.24) is 0 Å². The van der Waals surface area contributed by atoms with Crippen LogP contribution in [0.2, 0.25) is 0 Å². The fraction of sp³-hybridized carbons (Fsp3) is 0.613. The normalized spacial score (nSPS) is 11.2. The van der Waals surface area contributed by atoms with E-state index in [1.165, 1.54) is 88.2 Å². The molecule has 2 aromatic carbocycles. The smallest absolute Gasteiger partial charge is 0.122 e. The highest BCUT2D eigenvalue weighted by Gasteiger charge is 2.07. The molecule has 0 heterocycles. The Kier molecular flexibility index (Phi) is 15.2. The van der Waals surface area contributed by atoms with Crippen molar-refractivity contribution in [3.63, 3.8) is 0 Å². The van der Waals surface area contributed by atoms with Crippen LogP contribution in [-0.4, -0.2) is 24.4 Å². The zero-order valence-electron chi connectivity index (χ0n) is 21.8. The Bertz CT molecular complexity index is 660. The van der Waals surface area contributed by atoms with E-state index in [0.29, 0.717) is 0 Å². The van der Waals surface area contributed by atoms with Crippen LogP contribution in [-0.2, 0) is 12.8 Å². The summed E-state index contributed by atoms with van der Waals surface area (Å²) in [4.78, 5) is 0. The molecular weight excluding hydrogens is 420 g/mol. The van der Waals surface area contributed by atoms with Gasteiger partial charge in [-0.15, -0.1) is 0 Å². The van der Waals surface area contributed by atoms with E-state index in [-0.39, 0.29) is 13.2 Å². The molecule has 0 saturated carbocycles. The van der Waals surface area contributed by atoms with E-state index in [2.05, 4.69) is 38.1 Å². The van der Waals surface area contributed by atoms with E-state index in [9.17, 15) is 5.11 Å². The quantitative estimate of drug-likeness (QED) is 0.199. The maximum atomic E-state index is 10.2. The van der Waals surface area contributed by atoms with Gasteiger partial charge in [-0.1, -0.05) is 102 Å². The van der Waals surface area contributed by atoms with Crippen molar-refractivity contribution in [3.05, 3.63) is 59.7 Å². The molecule has 0 aliphatic rings. The second kappa shape index (κ2) is 18.3. The van der Waals surface area contributed by atoms with Gasteiger partial charge in [-0.25, -0.2) is 0 Å². The third kappa shape index (κ3) is 13.0. The number of hydrogen-bond acceptors (Lipinski definition) is 3. The van der Waals surface area contributed by atoms with E-state index in [4.69, 9.17) is 9.47 Å². The number of rotatable bonds is 20. The molecule has 190 valence electrons. The van der Waals surface area contributed by atoms with Crippen LogP contribution in [0.5, 0.6) is 11.5 Å². The number of unbranched alkanes of at least 4 members (excludes halogenated alkanes) is 10. The van der Waals surface area contributed by atoms with Crippen LogP contribution in [0, 0.1) is 0 Å². The SMILES string of the molecule is CCCCCCCCc1ccc(OCC(O)COc2ccc(CCCCCCCC)cc2)cc1. The van der Waals surface area contributed by atoms with Crippen LogP contribution >= 0.6 is 0 Å². The molecular formula is C31H48O3. The van der Waals surface area contributed by atoms with Gasteiger partial charge in [0.2, 0.25) is 0 Å². The number of benzene rings is 2. The predicted molar refractivity (Wildman–Crippen MR) is 144 cm³/mol. The molecule has 2 rings (SSSR count). The molecule has 0 bridgehead atoms. The fourth-order valence-corrected chi connectivity index (χ4v) is 4.16. The lowest BCUT2D eigenvalue weighted by atomic mass is 10.0. The molecule has 0 aliphatic heterocycles. The average molecular weight is 469 g/mol. The largest absolute Gasteiger partial charge is 0.491 e. The molecule has 0 amide bonds. The van der Waals surface area contributed by atoms with Gasteiger partial charge in [-0.2, -0.15) is 0 Å². The molecule has 0 unspecified atom stereocenters. The Balaban J connectivity index is 1.57. The van der Waals surface area contributed by atoms with Crippen molar-refractivity contribution >= 4 is 0 Å². The Morgan fingerprint density at radius 3 is 1.26 bits per heavy atom. The number of ether oxygens (including phenoxy) is 2. The number of hydrogen-bond donors (Lipinski definition) is 1. The van der Waals surface area contributed by atoms with Gasteiger partial charge in [0.1, 0.15) is 30.8 Å². The molecule has 3 heteroatoms. The van der Waals surface area contributed by atoms with Gasteiger partial charge < -0.3 is 14.6 Å². The summed E-state index contributed by atoms with van der Waals surface area (Å²) in [6, 6.07) is 16.6. The summed E-state index contributed by atoms with van der Waals surface area (Å²) in [5.41, 5.74) is 2.71. The molecule has 0 saturated heterocycles. The van der Waals surface area contributed by atoms with Crippen molar-refractivity contribution in [2.45, 2.75) is 110 Å². The maximum absolute atomic E-state index is 10.2. The first-order valence-electron chi connectivity index (χ1n) is 13.8. The standard InChI is InChI=1S/C31H48O3/c1-3-5-7-9-11-13-15-27-17-21-30(22-18-27)33-25-29(32)26-34-31-23-19-28(20-24-31)16-14-12-10-8-6-4-2/h17-24,29,32H,3-16,25-26H2,1-2H3. The molecule has 3 nitrogen and oxygen atoms in total. The Morgan fingerprint density at radius 2 is 0.882 bits per heavy atom. The van der Waals surface area contributed by atoms with Crippen molar-refractivity contribution in [2.75, 3.05) is 13.2 Å². The van der Waals surface area contributed by atoms with E-state index in [1.807, 2.05) is 24.3 Å². The monoisotopic (exact) mass is 468 g/mol. The highest BCUT2D eigenvalue weighted by molar-refractivity contribution is 5.28. The molecule has 2 aromatic rings. The summed E-state index contributed by atoms with van der Waals surface area (Å²) in [7, 11) is 0. The zero-order chi connectivity index (χ0) is 24.3. The van der Waals surface area contributed by atoms with Gasteiger partial charge in [0, 0.05) is 0 Å². The average Bonchev–Trinajstić information content (AvgIpc) is 2.87. The van der Waals surface area contributed by atoms with E-state index < -0.39 is 6.10 Å². The van der Waals surface area contributed by atoms with Gasteiger partial charge >= 0.3 is 0 Å². The molecule has 0 aliphatic carbocycles. The highest BCUT2D eigenvalue weighted by Crippen LogP contribution is 2.17. The zero-order valence-corrected chi connectivity index (χ0v) is 21.8. The summed E-state index contributed by atoms with van der Waals surface area (Å²) in [6.45, 7) is 4.97. The topological polar surface area (TPSA) is 38.7 Å². The van der Waals surface area contributed by atoms with Crippen molar-refractivity contribution < 1.29 is 14.6 Å². The summed E-state index contributed by atoms with van der Waals surface area (Å²) < 4.78 is 11.5. The Hall–Kier alpha value is -2.00. The van der Waals surface area contributed by atoms with Gasteiger partial charge in [0.15, 0.2) is 0 Å². The van der Waals surface area contributed by atoms with Crippen molar-refractivity contribution in [2.24, 2.45) is 0 Å². The van der Waals surface area contributed by atoms with Crippen LogP contribution in [0.4, 0.5) is 0 Å². The minimum absolute atomic E-state index is 0.229. The van der Waals surface area contributed by atoms with Crippen LogP contribution in [0.3, 0.4) is 0 Å². The van der Waals surface area contributed by atoms with Crippen LogP contribution < -0.4 is 9.47 Å². The summed E-state index contributed by atoms with van der Waals surface area (Å²) in [6.07, 6.45) is 17.4. The first kappa shape index (κ1) is 28.2. The molecule has 0 radical (unpaired) electrons. The minimum Gasteiger partial charge on any atom is -0.491 e. The Labute approximate surface area is 208 Å². The molecule has 34 heavy (non-hydrogen) atoms. The summed E-state index contributed by atoms with van der Waals surface area (Å²) in [5, 5.41) is 10.2. The molecule has 0 fully saturated rings. The maximum Gasteiger partial charge on any atom is 0.122 e. The van der Waals surface area contributed by atoms with E-state index >= 15 is 0 Å². The van der Waals surface area contributed by atoms with Crippen molar-refractivity contribution in [3.8, 4) is 11.5 Å². The fourth-order valence-electron chi connectivity index (χ4n) is 4.16. The van der Waals surface area contributed by atoms with E-state index in [1.54, 1.807) is 0 Å². The lowest BCUT2D eigenvalue weighted by Gasteiger charge is -2.14. The first-order chi connectivity index (χ1) is 16.7. The second-order valence-electron chi connectivity index (χ2n) is 9.60. The molecule has 0 aromatic heterocycles. The summed E-state index contributed by atoms with van der Waals surface area (Å²) >= 11 is 0. The lowest BCUT2D eigenvalue weighted by Crippen LogP contribution is -2.25. The summed E-state index contributed by atoms with van der Waals surface area (Å²) in [5.74, 6) is 1.59. The van der Waals surface area contributed by atoms with Gasteiger partial charge in [0.05, 0.1) is 0 Å².